The monoisotopic (exact) mass is 318 g/mol. The maximum absolute atomic E-state index is 12.2. The molecule has 0 radical (unpaired) electrons. The normalized spacial score (nSPS) is 11.6. The van der Waals surface area contributed by atoms with E-state index in [0.717, 1.165) is 4.88 Å². The number of ether oxygens (including phenoxy) is 1. The molecule has 0 saturated heterocycles. The third-order valence-corrected chi connectivity index (χ3v) is 3.24. The van der Waals surface area contributed by atoms with Gasteiger partial charge in [-0.15, -0.1) is 11.3 Å². The van der Waals surface area contributed by atoms with Crippen molar-refractivity contribution in [1.82, 2.24) is 15.3 Å². The van der Waals surface area contributed by atoms with Crippen molar-refractivity contribution in [2.45, 2.75) is 19.3 Å². The second kappa shape index (κ2) is 6.72. The molecule has 2 rings (SSSR count). The summed E-state index contributed by atoms with van der Waals surface area (Å²) in [5.41, 5.74) is 6.06. The first-order valence-electron chi connectivity index (χ1n) is 5.98. The Morgan fingerprint density at radius 1 is 1.29 bits per heavy atom. The first kappa shape index (κ1) is 15.5. The molecular formula is C12H13F3N4OS. The summed E-state index contributed by atoms with van der Waals surface area (Å²) < 4.78 is 41.2. The molecule has 0 unspecified atom stereocenters. The minimum Gasteiger partial charge on any atom is -0.468 e. The molecule has 2 aromatic heterocycles. The van der Waals surface area contributed by atoms with Crippen molar-refractivity contribution >= 4 is 16.5 Å². The van der Waals surface area contributed by atoms with Gasteiger partial charge in [0.2, 0.25) is 5.88 Å². The van der Waals surface area contributed by atoms with Crippen LogP contribution in [0.2, 0.25) is 0 Å². The van der Waals surface area contributed by atoms with Gasteiger partial charge in [-0.25, -0.2) is 9.97 Å². The molecule has 3 N–H and O–H groups in total. The fourth-order valence-corrected chi connectivity index (χ4v) is 2.22. The molecule has 0 fully saturated rings. The number of nitrogens with zero attached hydrogens (tertiary/aromatic N) is 2. The smallest absolute Gasteiger partial charge is 0.422 e. The van der Waals surface area contributed by atoms with Crippen molar-refractivity contribution in [2.24, 2.45) is 0 Å². The fourth-order valence-electron chi connectivity index (χ4n) is 1.56. The Morgan fingerprint density at radius 2 is 2.10 bits per heavy atom. The summed E-state index contributed by atoms with van der Waals surface area (Å²) in [7, 11) is 0. The van der Waals surface area contributed by atoms with Gasteiger partial charge in [-0.1, -0.05) is 6.07 Å². The van der Waals surface area contributed by atoms with E-state index < -0.39 is 12.8 Å². The average Bonchev–Trinajstić information content (AvgIpc) is 2.82. The van der Waals surface area contributed by atoms with E-state index in [9.17, 15) is 13.2 Å². The Hall–Kier alpha value is -1.87. The number of thiazole rings is 1. The van der Waals surface area contributed by atoms with Gasteiger partial charge in [0.05, 0.1) is 0 Å². The molecule has 5 nitrogen and oxygen atoms in total. The molecule has 0 aliphatic rings. The number of rotatable bonds is 6. The third-order valence-electron chi connectivity index (χ3n) is 2.41. The van der Waals surface area contributed by atoms with E-state index in [-0.39, 0.29) is 5.88 Å². The van der Waals surface area contributed by atoms with Crippen LogP contribution in [0.1, 0.15) is 10.4 Å². The third kappa shape index (κ3) is 5.20. The predicted molar refractivity (Wildman–Crippen MR) is 72.9 cm³/mol. The molecule has 9 heteroatoms. The van der Waals surface area contributed by atoms with Gasteiger partial charge >= 0.3 is 6.18 Å². The molecule has 0 aromatic carbocycles. The summed E-state index contributed by atoms with van der Waals surface area (Å²) in [4.78, 5) is 8.67. The zero-order valence-corrected chi connectivity index (χ0v) is 11.7. The predicted octanol–water partition coefficient (Wildman–Crippen LogP) is 2.35. The van der Waals surface area contributed by atoms with E-state index in [4.69, 9.17) is 10.5 Å². The number of alkyl halides is 3. The number of pyridine rings is 1. The highest BCUT2D eigenvalue weighted by Gasteiger charge is 2.29. The molecule has 21 heavy (non-hydrogen) atoms. The van der Waals surface area contributed by atoms with E-state index in [1.807, 2.05) is 0 Å². The van der Waals surface area contributed by atoms with Crippen LogP contribution in [0, 0.1) is 0 Å². The number of nitrogen functional groups attached to an aromatic ring is 1. The van der Waals surface area contributed by atoms with Crippen LogP contribution >= 0.6 is 11.3 Å². The maximum atomic E-state index is 12.2. The highest BCUT2D eigenvalue weighted by Crippen LogP contribution is 2.20. The van der Waals surface area contributed by atoms with Crippen LogP contribution in [0.4, 0.5) is 18.3 Å². The Labute approximate surface area is 123 Å². The van der Waals surface area contributed by atoms with E-state index in [0.29, 0.717) is 23.8 Å². The van der Waals surface area contributed by atoms with Crippen molar-refractivity contribution in [3.8, 4) is 5.88 Å². The van der Waals surface area contributed by atoms with Gasteiger partial charge in [-0.05, 0) is 6.07 Å². The first-order valence-corrected chi connectivity index (χ1v) is 6.80. The lowest BCUT2D eigenvalue weighted by atomic mass is 10.2. The van der Waals surface area contributed by atoms with Crippen LogP contribution in [0.25, 0.3) is 0 Å². The van der Waals surface area contributed by atoms with Crippen molar-refractivity contribution in [2.75, 3.05) is 12.3 Å². The molecule has 2 aromatic rings. The number of hydrogen-bond donors (Lipinski definition) is 2. The van der Waals surface area contributed by atoms with Gasteiger partial charge in [-0.2, -0.15) is 13.2 Å². The van der Waals surface area contributed by atoms with Crippen LogP contribution in [-0.2, 0) is 13.1 Å². The molecule has 2 heterocycles. The minimum atomic E-state index is -4.39. The van der Waals surface area contributed by atoms with E-state index >= 15 is 0 Å². The summed E-state index contributed by atoms with van der Waals surface area (Å²) in [6.07, 6.45) is -1.35. The van der Waals surface area contributed by atoms with Crippen molar-refractivity contribution < 1.29 is 17.9 Å². The van der Waals surface area contributed by atoms with Crippen molar-refractivity contribution in [1.29, 1.82) is 0 Å². The molecule has 0 amide bonds. The van der Waals surface area contributed by atoms with E-state index in [1.54, 1.807) is 18.3 Å². The lowest BCUT2D eigenvalue weighted by Gasteiger charge is -2.12. The van der Waals surface area contributed by atoms with Crippen LogP contribution < -0.4 is 15.8 Å². The van der Waals surface area contributed by atoms with Gasteiger partial charge in [0.1, 0.15) is 0 Å². The SMILES string of the molecule is Nc1ncc(CNCc2cccnc2OCC(F)(F)F)s1. The lowest BCUT2D eigenvalue weighted by Crippen LogP contribution is -2.21. The molecule has 0 atom stereocenters. The van der Waals surface area contributed by atoms with Gasteiger partial charge in [-0.3, -0.25) is 0 Å². The van der Waals surface area contributed by atoms with E-state index in [2.05, 4.69) is 15.3 Å². The van der Waals surface area contributed by atoms with Crippen LogP contribution in [0.15, 0.2) is 24.5 Å². The number of nitrogens with two attached hydrogens (primary N) is 1. The number of nitrogens with one attached hydrogen (secondary N) is 1. The Morgan fingerprint density at radius 3 is 2.76 bits per heavy atom. The number of anilines is 1. The average molecular weight is 318 g/mol. The lowest BCUT2D eigenvalue weighted by molar-refractivity contribution is -0.154. The van der Waals surface area contributed by atoms with Gasteiger partial charge in [0.15, 0.2) is 11.7 Å². The summed E-state index contributed by atoms with van der Waals surface area (Å²) in [5.74, 6) is -0.0221. The van der Waals surface area contributed by atoms with Crippen LogP contribution in [-0.4, -0.2) is 22.8 Å². The largest absolute Gasteiger partial charge is 0.468 e. The minimum absolute atomic E-state index is 0.0221. The Kier molecular flexibility index (Phi) is 4.97. The van der Waals surface area contributed by atoms with Crippen LogP contribution in [0.3, 0.4) is 0 Å². The number of aromatic nitrogens is 2. The van der Waals surface area contributed by atoms with E-state index in [1.165, 1.54) is 17.5 Å². The highest BCUT2D eigenvalue weighted by molar-refractivity contribution is 7.15. The molecule has 0 bridgehead atoms. The first-order chi connectivity index (χ1) is 9.94. The molecule has 114 valence electrons. The Balaban J connectivity index is 1.90. The van der Waals surface area contributed by atoms with Gasteiger partial charge in [0, 0.05) is 35.9 Å². The molecule has 0 saturated carbocycles. The molecular weight excluding hydrogens is 305 g/mol. The summed E-state index contributed by atoms with van der Waals surface area (Å²) in [6.45, 7) is -0.510. The second-order valence-corrected chi connectivity index (χ2v) is 5.29. The number of halogens is 3. The number of hydrogen-bond acceptors (Lipinski definition) is 6. The zero-order chi connectivity index (χ0) is 15.3. The summed E-state index contributed by atoms with van der Waals surface area (Å²) >= 11 is 1.35. The molecule has 0 spiro atoms. The summed E-state index contributed by atoms with van der Waals surface area (Å²) in [5, 5.41) is 3.56. The van der Waals surface area contributed by atoms with Gasteiger partial charge < -0.3 is 15.8 Å². The van der Waals surface area contributed by atoms with Crippen molar-refractivity contribution in [3.05, 3.63) is 35.0 Å². The zero-order valence-electron chi connectivity index (χ0n) is 10.9. The molecule has 0 aliphatic carbocycles. The fraction of sp³-hybridized carbons (Fsp3) is 0.333. The van der Waals surface area contributed by atoms with Crippen LogP contribution in [0.5, 0.6) is 5.88 Å². The quantitative estimate of drug-likeness (QED) is 0.855. The van der Waals surface area contributed by atoms with Crippen molar-refractivity contribution in [3.63, 3.8) is 0 Å². The maximum Gasteiger partial charge on any atom is 0.422 e. The topological polar surface area (TPSA) is 73.1 Å². The summed E-state index contributed by atoms with van der Waals surface area (Å²) in [6, 6.07) is 3.30. The Bertz CT molecular complexity index is 588. The standard InChI is InChI=1S/C12H13F3N4OS/c13-12(14,15)7-20-10-8(2-1-3-18-10)4-17-5-9-6-19-11(16)21-9/h1-3,6,17H,4-5,7H2,(H2,16,19). The second-order valence-electron chi connectivity index (χ2n) is 4.14. The molecule has 0 aliphatic heterocycles. The van der Waals surface area contributed by atoms with Gasteiger partial charge in [0.25, 0.3) is 0 Å². The highest BCUT2D eigenvalue weighted by atomic mass is 32.1.